The largest absolute Gasteiger partial charge is 0.0851 e. The van der Waals surface area contributed by atoms with Crippen molar-refractivity contribution in [2.75, 3.05) is 0 Å². The van der Waals surface area contributed by atoms with E-state index < -0.39 is 0 Å². The summed E-state index contributed by atoms with van der Waals surface area (Å²) < 4.78 is 0. The van der Waals surface area contributed by atoms with E-state index in [0.717, 1.165) is 11.8 Å². The van der Waals surface area contributed by atoms with Crippen molar-refractivity contribution in [2.45, 2.75) is 33.1 Å². The van der Waals surface area contributed by atoms with Crippen LogP contribution in [-0.4, -0.2) is 0 Å². The van der Waals surface area contributed by atoms with Crippen LogP contribution in [0.25, 0.3) is 0 Å². The third-order valence-corrected chi connectivity index (χ3v) is 2.17. The van der Waals surface area contributed by atoms with Crippen LogP contribution in [0.5, 0.6) is 0 Å². The molecule has 0 aromatic heterocycles. The standard InChI is InChI=1S/C7H10.C2H6/c1-2-7-4-3-6(1)5-7;1-2/h1-2,6-7H,3-5H2;1-2H3. The van der Waals surface area contributed by atoms with E-state index >= 15 is 0 Å². The molecule has 0 N–H and O–H groups in total. The first kappa shape index (κ1) is 6.85. The highest BCUT2D eigenvalue weighted by molar-refractivity contribution is 5.06. The van der Waals surface area contributed by atoms with Crippen LogP contribution in [0.3, 0.4) is 0 Å². The van der Waals surface area contributed by atoms with Crippen molar-refractivity contribution < 1.29 is 0 Å². The molecule has 0 heterocycles. The molecule has 0 heteroatoms. The quantitative estimate of drug-likeness (QED) is 0.435. The minimum Gasteiger partial charge on any atom is -0.0851 e. The molecule has 0 radical (unpaired) electrons. The van der Waals surface area contributed by atoms with Crippen molar-refractivity contribution in [3.63, 3.8) is 0 Å². The summed E-state index contributed by atoms with van der Waals surface area (Å²) in [5.74, 6) is 1.98. The van der Waals surface area contributed by atoms with Gasteiger partial charge < -0.3 is 0 Å². The number of fused-ring (bicyclic) bond motifs is 2. The van der Waals surface area contributed by atoms with Crippen LogP contribution in [0, 0.1) is 11.8 Å². The van der Waals surface area contributed by atoms with Gasteiger partial charge in [-0.1, -0.05) is 26.0 Å². The second kappa shape index (κ2) is 3.05. The molecule has 2 aliphatic rings. The maximum absolute atomic E-state index is 2.38. The Balaban J connectivity index is 0.000000186. The van der Waals surface area contributed by atoms with Crippen molar-refractivity contribution >= 4 is 0 Å². The molecular formula is C9H16. The molecule has 0 aromatic carbocycles. The average Bonchev–Trinajstić information content (AvgIpc) is 2.53. The number of hydrogen-bond donors (Lipinski definition) is 0. The minimum atomic E-state index is 0.991. The van der Waals surface area contributed by atoms with E-state index in [0.29, 0.717) is 0 Å². The van der Waals surface area contributed by atoms with E-state index in [1.165, 1.54) is 19.3 Å². The summed E-state index contributed by atoms with van der Waals surface area (Å²) in [7, 11) is 0. The third-order valence-electron chi connectivity index (χ3n) is 2.17. The van der Waals surface area contributed by atoms with E-state index in [1.807, 2.05) is 13.8 Å². The zero-order valence-corrected chi connectivity index (χ0v) is 6.43. The van der Waals surface area contributed by atoms with Gasteiger partial charge in [0.05, 0.1) is 0 Å². The molecule has 2 bridgehead atoms. The van der Waals surface area contributed by atoms with Crippen LogP contribution in [0.2, 0.25) is 0 Å². The monoisotopic (exact) mass is 124 g/mol. The number of rotatable bonds is 0. The summed E-state index contributed by atoms with van der Waals surface area (Å²) in [6.45, 7) is 4.00. The highest BCUT2D eigenvalue weighted by Crippen LogP contribution is 2.38. The van der Waals surface area contributed by atoms with E-state index in [4.69, 9.17) is 0 Å². The predicted molar refractivity (Wildman–Crippen MR) is 41.3 cm³/mol. The molecule has 1 saturated carbocycles. The molecule has 0 nitrogen and oxygen atoms in total. The number of allylic oxidation sites excluding steroid dienone is 2. The van der Waals surface area contributed by atoms with Crippen LogP contribution in [0.1, 0.15) is 33.1 Å². The maximum Gasteiger partial charge on any atom is -0.0228 e. The van der Waals surface area contributed by atoms with Crippen molar-refractivity contribution in [2.24, 2.45) is 11.8 Å². The second-order valence-electron chi connectivity index (χ2n) is 2.72. The Morgan fingerprint density at radius 3 is 1.56 bits per heavy atom. The first-order valence-electron chi connectivity index (χ1n) is 4.13. The highest BCUT2D eigenvalue weighted by atomic mass is 14.3. The Labute approximate surface area is 58.0 Å². The maximum atomic E-state index is 2.38. The van der Waals surface area contributed by atoms with Crippen molar-refractivity contribution in [1.29, 1.82) is 0 Å². The summed E-state index contributed by atoms with van der Waals surface area (Å²) in [6, 6.07) is 0. The zero-order valence-electron chi connectivity index (χ0n) is 6.43. The fourth-order valence-electron chi connectivity index (χ4n) is 1.72. The van der Waals surface area contributed by atoms with Crippen LogP contribution >= 0.6 is 0 Å². The summed E-state index contributed by atoms with van der Waals surface area (Å²) in [4.78, 5) is 0. The SMILES string of the molecule is C1=CC2CCC1C2.CC. The normalized spacial score (nSPS) is 36.2. The van der Waals surface area contributed by atoms with E-state index in [1.54, 1.807) is 0 Å². The van der Waals surface area contributed by atoms with Crippen LogP contribution in [-0.2, 0) is 0 Å². The van der Waals surface area contributed by atoms with Crippen molar-refractivity contribution in [1.82, 2.24) is 0 Å². The van der Waals surface area contributed by atoms with Crippen LogP contribution in [0.4, 0.5) is 0 Å². The Kier molecular flexibility index (Phi) is 2.32. The Morgan fingerprint density at radius 2 is 1.44 bits per heavy atom. The van der Waals surface area contributed by atoms with Crippen molar-refractivity contribution in [3.8, 4) is 0 Å². The van der Waals surface area contributed by atoms with Gasteiger partial charge >= 0.3 is 0 Å². The molecule has 0 aliphatic heterocycles. The fourth-order valence-corrected chi connectivity index (χ4v) is 1.72. The molecule has 52 valence electrons. The molecular weight excluding hydrogens is 108 g/mol. The van der Waals surface area contributed by atoms with Gasteiger partial charge in [0.25, 0.3) is 0 Å². The molecule has 1 fully saturated rings. The molecule has 9 heavy (non-hydrogen) atoms. The summed E-state index contributed by atoms with van der Waals surface area (Å²) in [5, 5.41) is 0. The topological polar surface area (TPSA) is 0 Å². The first-order valence-corrected chi connectivity index (χ1v) is 4.13. The molecule has 0 amide bonds. The van der Waals surface area contributed by atoms with Crippen LogP contribution in [0.15, 0.2) is 12.2 Å². The molecule has 2 aliphatic carbocycles. The molecule has 0 aromatic rings. The fraction of sp³-hybridized carbons (Fsp3) is 0.778. The molecule has 2 unspecified atom stereocenters. The lowest BCUT2D eigenvalue weighted by atomic mass is 10.1. The lowest BCUT2D eigenvalue weighted by molar-refractivity contribution is 0.691. The van der Waals surface area contributed by atoms with Gasteiger partial charge in [-0.2, -0.15) is 0 Å². The van der Waals surface area contributed by atoms with Gasteiger partial charge in [0, 0.05) is 0 Å². The van der Waals surface area contributed by atoms with Crippen LogP contribution < -0.4 is 0 Å². The van der Waals surface area contributed by atoms with E-state index in [9.17, 15) is 0 Å². The van der Waals surface area contributed by atoms with Gasteiger partial charge in [-0.25, -0.2) is 0 Å². The van der Waals surface area contributed by atoms with Crippen molar-refractivity contribution in [3.05, 3.63) is 12.2 Å². The first-order chi connectivity index (χ1) is 4.45. The summed E-state index contributed by atoms with van der Waals surface area (Å²) in [6.07, 6.45) is 9.19. The zero-order chi connectivity index (χ0) is 6.69. The lowest BCUT2D eigenvalue weighted by Crippen LogP contribution is -1.82. The minimum absolute atomic E-state index is 0.991. The summed E-state index contributed by atoms with van der Waals surface area (Å²) in [5.41, 5.74) is 0. The van der Waals surface area contributed by atoms with Gasteiger partial charge in [-0.3, -0.25) is 0 Å². The Bertz CT molecular complexity index is 90.6. The van der Waals surface area contributed by atoms with Gasteiger partial charge in [-0.15, -0.1) is 0 Å². The van der Waals surface area contributed by atoms with E-state index in [2.05, 4.69) is 12.2 Å². The number of hydrogen-bond acceptors (Lipinski definition) is 0. The van der Waals surface area contributed by atoms with Gasteiger partial charge in [0.2, 0.25) is 0 Å². The predicted octanol–water partition coefficient (Wildman–Crippen LogP) is 3.00. The average molecular weight is 124 g/mol. The molecule has 0 spiro atoms. The highest BCUT2D eigenvalue weighted by Gasteiger charge is 2.25. The molecule has 2 rings (SSSR count). The summed E-state index contributed by atoms with van der Waals surface area (Å²) >= 11 is 0. The Hall–Kier alpha value is -0.260. The molecule has 0 saturated heterocycles. The lowest BCUT2D eigenvalue weighted by Gasteiger charge is -1.96. The van der Waals surface area contributed by atoms with Gasteiger partial charge in [0.1, 0.15) is 0 Å². The van der Waals surface area contributed by atoms with E-state index in [-0.39, 0.29) is 0 Å². The van der Waals surface area contributed by atoms with Gasteiger partial charge in [-0.05, 0) is 31.1 Å². The van der Waals surface area contributed by atoms with Gasteiger partial charge in [0.15, 0.2) is 0 Å². The third kappa shape index (κ3) is 1.35. The molecule has 2 atom stereocenters. The smallest absolute Gasteiger partial charge is 0.0228 e. The Morgan fingerprint density at radius 1 is 1.00 bits per heavy atom. The second-order valence-corrected chi connectivity index (χ2v) is 2.72.